The van der Waals surface area contributed by atoms with E-state index in [1.807, 2.05) is 38.1 Å². The molecule has 1 atom stereocenters. The molecule has 1 aliphatic heterocycles. The summed E-state index contributed by atoms with van der Waals surface area (Å²) in [7, 11) is 0. The molecule has 1 heterocycles. The molecule has 0 saturated carbocycles. The van der Waals surface area contributed by atoms with Crippen molar-refractivity contribution in [2.45, 2.75) is 32.7 Å². The summed E-state index contributed by atoms with van der Waals surface area (Å²) in [6.45, 7) is 6.16. The van der Waals surface area contributed by atoms with Crippen LogP contribution < -0.4 is 10.1 Å². The lowest BCUT2D eigenvalue weighted by atomic mass is 10.0. The zero-order valence-electron chi connectivity index (χ0n) is 11.7. The molecule has 4 nitrogen and oxygen atoms in total. The quantitative estimate of drug-likeness (QED) is 0.910. The maximum atomic E-state index is 12.2. The molecule has 0 radical (unpaired) electrons. The standard InChI is InChI=1S/C15H22N2O2/c1-3-17(4-2)15(18)16-13-9-7-11-19-14-10-6-5-8-12(13)14/h5-6,8,10,13H,3-4,7,9,11H2,1-2H3,(H,16,18). The molecule has 0 saturated heterocycles. The van der Waals surface area contributed by atoms with E-state index in [1.54, 1.807) is 4.90 Å². The Bertz CT molecular complexity index is 430. The topological polar surface area (TPSA) is 41.6 Å². The molecule has 0 fully saturated rings. The molecule has 1 N–H and O–H groups in total. The average Bonchev–Trinajstić information content (AvgIpc) is 2.63. The largest absolute Gasteiger partial charge is 0.493 e. The number of hydrogen-bond acceptors (Lipinski definition) is 2. The van der Waals surface area contributed by atoms with Crippen LogP contribution in [0.3, 0.4) is 0 Å². The van der Waals surface area contributed by atoms with Gasteiger partial charge in [-0.3, -0.25) is 0 Å². The van der Waals surface area contributed by atoms with Gasteiger partial charge in [0.15, 0.2) is 0 Å². The number of hydrogen-bond donors (Lipinski definition) is 1. The van der Waals surface area contributed by atoms with Crippen LogP contribution in [-0.2, 0) is 0 Å². The van der Waals surface area contributed by atoms with Crippen molar-refractivity contribution in [2.75, 3.05) is 19.7 Å². The van der Waals surface area contributed by atoms with Gasteiger partial charge in [-0.1, -0.05) is 18.2 Å². The first kappa shape index (κ1) is 13.7. The third kappa shape index (κ3) is 3.19. The predicted octanol–water partition coefficient (Wildman–Crippen LogP) is 2.95. The molecule has 0 aromatic heterocycles. The normalized spacial score (nSPS) is 17.9. The van der Waals surface area contributed by atoms with Gasteiger partial charge in [0, 0.05) is 18.7 Å². The highest BCUT2D eigenvalue weighted by Crippen LogP contribution is 2.31. The number of fused-ring (bicyclic) bond motifs is 1. The second-order valence-corrected chi connectivity index (χ2v) is 4.70. The molecule has 2 amide bonds. The van der Waals surface area contributed by atoms with Gasteiger partial charge in [-0.15, -0.1) is 0 Å². The summed E-state index contributed by atoms with van der Waals surface area (Å²) in [4.78, 5) is 14.0. The van der Waals surface area contributed by atoms with E-state index in [0.29, 0.717) is 6.61 Å². The van der Waals surface area contributed by atoms with Gasteiger partial charge in [0.2, 0.25) is 0 Å². The summed E-state index contributed by atoms with van der Waals surface area (Å²) in [6.07, 6.45) is 1.88. The first-order chi connectivity index (χ1) is 9.26. The SMILES string of the molecule is CCN(CC)C(=O)NC1CCCOc2ccccc21. The third-order valence-corrected chi connectivity index (χ3v) is 3.54. The third-order valence-electron chi connectivity index (χ3n) is 3.54. The molecule has 104 valence electrons. The zero-order valence-corrected chi connectivity index (χ0v) is 11.7. The lowest BCUT2D eigenvalue weighted by Crippen LogP contribution is -2.41. The number of para-hydroxylation sites is 1. The van der Waals surface area contributed by atoms with Gasteiger partial charge in [-0.05, 0) is 32.8 Å². The summed E-state index contributed by atoms with van der Waals surface area (Å²) in [5.41, 5.74) is 1.08. The Morgan fingerprint density at radius 1 is 1.37 bits per heavy atom. The molecule has 1 aliphatic rings. The predicted molar refractivity (Wildman–Crippen MR) is 75.4 cm³/mol. The second kappa shape index (κ2) is 6.45. The first-order valence-corrected chi connectivity index (χ1v) is 7.03. The molecule has 2 rings (SSSR count). The maximum Gasteiger partial charge on any atom is 0.317 e. The molecule has 1 aromatic carbocycles. The van der Waals surface area contributed by atoms with E-state index in [-0.39, 0.29) is 12.1 Å². The number of amides is 2. The van der Waals surface area contributed by atoms with Gasteiger partial charge in [-0.2, -0.15) is 0 Å². The Labute approximate surface area is 114 Å². The fourth-order valence-corrected chi connectivity index (χ4v) is 2.43. The van der Waals surface area contributed by atoms with E-state index in [2.05, 4.69) is 5.32 Å². The van der Waals surface area contributed by atoms with Crippen LogP contribution in [0, 0.1) is 0 Å². The Kier molecular flexibility index (Phi) is 4.66. The summed E-state index contributed by atoms with van der Waals surface area (Å²) in [5.74, 6) is 0.893. The highest BCUT2D eigenvalue weighted by molar-refractivity contribution is 5.74. The molecule has 1 unspecified atom stereocenters. The number of nitrogens with one attached hydrogen (secondary N) is 1. The van der Waals surface area contributed by atoms with Gasteiger partial charge in [0.25, 0.3) is 0 Å². The Morgan fingerprint density at radius 3 is 2.84 bits per heavy atom. The van der Waals surface area contributed by atoms with E-state index in [0.717, 1.165) is 37.2 Å². The summed E-state index contributed by atoms with van der Waals surface area (Å²) < 4.78 is 5.71. The van der Waals surface area contributed by atoms with E-state index in [4.69, 9.17) is 4.74 Å². The van der Waals surface area contributed by atoms with Crippen molar-refractivity contribution in [3.05, 3.63) is 29.8 Å². The van der Waals surface area contributed by atoms with Crippen molar-refractivity contribution < 1.29 is 9.53 Å². The van der Waals surface area contributed by atoms with Crippen LogP contribution in [-0.4, -0.2) is 30.6 Å². The lowest BCUT2D eigenvalue weighted by Gasteiger charge is -2.24. The molecule has 0 spiro atoms. The van der Waals surface area contributed by atoms with Gasteiger partial charge in [-0.25, -0.2) is 4.79 Å². The highest BCUT2D eigenvalue weighted by Gasteiger charge is 2.22. The van der Waals surface area contributed by atoms with Crippen LogP contribution in [0.15, 0.2) is 24.3 Å². The van der Waals surface area contributed by atoms with Crippen LogP contribution >= 0.6 is 0 Å². The van der Waals surface area contributed by atoms with Gasteiger partial charge >= 0.3 is 6.03 Å². The minimum atomic E-state index is 0.00621. The van der Waals surface area contributed by atoms with E-state index >= 15 is 0 Å². The summed E-state index contributed by atoms with van der Waals surface area (Å²) in [6, 6.07) is 8.02. The number of nitrogens with zero attached hydrogens (tertiary/aromatic N) is 1. The van der Waals surface area contributed by atoms with Crippen molar-refractivity contribution in [3.63, 3.8) is 0 Å². The van der Waals surface area contributed by atoms with Crippen molar-refractivity contribution >= 4 is 6.03 Å². The number of benzene rings is 1. The molecule has 4 heteroatoms. The number of urea groups is 1. The Balaban J connectivity index is 2.14. The van der Waals surface area contributed by atoms with Crippen LogP contribution in [0.2, 0.25) is 0 Å². The van der Waals surface area contributed by atoms with Crippen molar-refractivity contribution in [3.8, 4) is 5.75 Å². The van der Waals surface area contributed by atoms with Gasteiger partial charge in [0.1, 0.15) is 5.75 Å². The van der Waals surface area contributed by atoms with Crippen LogP contribution in [0.1, 0.15) is 38.3 Å². The monoisotopic (exact) mass is 262 g/mol. The minimum Gasteiger partial charge on any atom is -0.493 e. The van der Waals surface area contributed by atoms with Crippen LogP contribution in [0.4, 0.5) is 4.79 Å². The molecule has 0 bridgehead atoms. The zero-order chi connectivity index (χ0) is 13.7. The number of ether oxygens (including phenoxy) is 1. The van der Waals surface area contributed by atoms with Crippen molar-refractivity contribution in [1.29, 1.82) is 0 Å². The average molecular weight is 262 g/mol. The summed E-state index contributed by atoms with van der Waals surface area (Å²) >= 11 is 0. The first-order valence-electron chi connectivity index (χ1n) is 7.03. The fourth-order valence-electron chi connectivity index (χ4n) is 2.43. The molecular formula is C15H22N2O2. The molecular weight excluding hydrogens is 240 g/mol. The second-order valence-electron chi connectivity index (χ2n) is 4.70. The Morgan fingerprint density at radius 2 is 2.11 bits per heavy atom. The smallest absolute Gasteiger partial charge is 0.317 e. The summed E-state index contributed by atoms with van der Waals surface area (Å²) in [5, 5.41) is 3.12. The number of rotatable bonds is 3. The maximum absolute atomic E-state index is 12.2. The van der Waals surface area contributed by atoms with Crippen LogP contribution in [0.25, 0.3) is 0 Å². The van der Waals surface area contributed by atoms with Gasteiger partial charge in [0.05, 0.1) is 12.6 Å². The van der Waals surface area contributed by atoms with Gasteiger partial charge < -0.3 is 15.0 Å². The van der Waals surface area contributed by atoms with Crippen molar-refractivity contribution in [1.82, 2.24) is 10.2 Å². The number of carbonyl (C=O) groups is 1. The van der Waals surface area contributed by atoms with E-state index in [9.17, 15) is 4.79 Å². The number of carbonyl (C=O) groups excluding carboxylic acids is 1. The molecule has 1 aromatic rings. The van der Waals surface area contributed by atoms with E-state index < -0.39 is 0 Å². The fraction of sp³-hybridized carbons (Fsp3) is 0.533. The molecule has 0 aliphatic carbocycles. The van der Waals surface area contributed by atoms with Crippen molar-refractivity contribution in [2.24, 2.45) is 0 Å². The molecule has 19 heavy (non-hydrogen) atoms. The lowest BCUT2D eigenvalue weighted by molar-refractivity contribution is 0.198. The van der Waals surface area contributed by atoms with Crippen LogP contribution in [0.5, 0.6) is 5.75 Å². The minimum absolute atomic E-state index is 0.00621. The van der Waals surface area contributed by atoms with E-state index in [1.165, 1.54) is 0 Å². The Hall–Kier alpha value is -1.71. The highest BCUT2D eigenvalue weighted by atomic mass is 16.5.